The first kappa shape index (κ1) is 19.7. The second kappa shape index (κ2) is 8.48. The van der Waals surface area contributed by atoms with Crippen LogP contribution >= 0.6 is 0 Å². The third-order valence-corrected chi connectivity index (χ3v) is 4.32. The Morgan fingerprint density at radius 3 is 2.17 bits per heavy atom. The molecule has 0 radical (unpaired) electrons. The van der Waals surface area contributed by atoms with E-state index in [1.807, 2.05) is 0 Å². The van der Waals surface area contributed by atoms with Gasteiger partial charge in [0.25, 0.3) is 0 Å². The molecule has 24 heavy (non-hydrogen) atoms. The zero-order chi connectivity index (χ0) is 18.3. The molecule has 0 aromatic heterocycles. The van der Waals surface area contributed by atoms with E-state index in [1.165, 1.54) is 21.0 Å². The molecule has 0 bridgehead atoms. The summed E-state index contributed by atoms with van der Waals surface area (Å²) in [6.07, 6.45) is 5.89. The first-order valence-electron chi connectivity index (χ1n) is 7.58. The molecule has 0 aromatic rings. The Labute approximate surface area is 141 Å². The zero-order valence-corrected chi connectivity index (χ0v) is 14.1. The van der Waals surface area contributed by atoms with Gasteiger partial charge in [-0.15, -0.1) is 12.3 Å². The minimum Gasteiger partial charge on any atom is -0.468 e. The summed E-state index contributed by atoms with van der Waals surface area (Å²) in [7, 11) is 1.19. The lowest BCUT2D eigenvalue weighted by Crippen LogP contribution is -2.52. The third-order valence-electron chi connectivity index (χ3n) is 4.32. The number of hydrogen-bond acceptors (Lipinski definition) is 7. The van der Waals surface area contributed by atoms with Crippen molar-refractivity contribution < 1.29 is 33.4 Å². The normalized spacial score (nSPS) is 22.2. The van der Waals surface area contributed by atoms with Crippen molar-refractivity contribution in [2.45, 2.75) is 33.1 Å². The highest BCUT2D eigenvalue weighted by molar-refractivity contribution is 6.00. The number of rotatable bonds is 6. The Kier molecular flexibility index (Phi) is 6.96. The number of ether oxygens (including phenoxy) is 3. The van der Waals surface area contributed by atoms with Crippen LogP contribution in [-0.2, 0) is 33.4 Å². The molecule has 7 heteroatoms. The molecule has 0 amide bonds. The van der Waals surface area contributed by atoms with E-state index in [0.29, 0.717) is 6.42 Å². The second-order valence-corrected chi connectivity index (χ2v) is 5.90. The average Bonchev–Trinajstić information content (AvgIpc) is 2.53. The second-order valence-electron chi connectivity index (χ2n) is 5.90. The van der Waals surface area contributed by atoms with Gasteiger partial charge in [-0.3, -0.25) is 19.2 Å². The Hall–Kier alpha value is -2.36. The first-order chi connectivity index (χ1) is 11.3. The van der Waals surface area contributed by atoms with Gasteiger partial charge in [-0.2, -0.15) is 0 Å². The van der Waals surface area contributed by atoms with Crippen LogP contribution in [0.15, 0.2) is 0 Å². The quantitative estimate of drug-likeness (QED) is 0.307. The molecule has 0 N–H and O–H groups in total. The monoisotopic (exact) mass is 338 g/mol. The van der Waals surface area contributed by atoms with Gasteiger partial charge in [-0.1, -0.05) is 0 Å². The van der Waals surface area contributed by atoms with E-state index >= 15 is 0 Å². The SMILES string of the molecule is C#CCC1C(C(=O)OC)C(=O)CCC1(COC(C)=O)COC(C)=O. The van der Waals surface area contributed by atoms with Crippen LogP contribution in [-0.4, -0.2) is 44.0 Å². The topological polar surface area (TPSA) is 96.0 Å². The lowest BCUT2D eigenvalue weighted by Gasteiger charge is -2.44. The van der Waals surface area contributed by atoms with Crippen LogP contribution in [0.1, 0.15) is 33.1 Å². The van der Waals surface area contributed by atoms with Crippen LogP contribution < -0.4 is 0 Å². The molecule has 1 fully saturated rings. The van der Waals surface area contributed by atoms with E-state index in [2.05, 4.69) is 5.92 Å². The van der Waals surface area contributed by atoms with Gasteiger partial charge in [0.1, 0.15) is 24.9 Å². The molecule has 132 valence electrons. The molecule has 1 aliphatic carbocycles. The molecule has 0 saturated heterocycles. The van der Waals surface area contributed by atoms with E-state index in [0.717, 1.165) is 0 Å². The number of carbonyl (C=O) groups excluding carboxylic acids is 4. The van der Waals surface area contributed by atoms with Crippen molar-refractivity contribution in [3.8, 4) is 12.3 Å². The van der Waals surface area contributed by atoms with Crippen molar-refractivity contribution in [3.05, 3.63) is 0 Å². The standard InChI is InChI=1S/C17H22O7/c1-5-6-13-15(16(21)22-4)14(20)7-8-17(13,9-23-11(2)18)10-24-12(3)19/h1,13,15H,6-10H2,2-4H3. The van der Waals surface area contributed by atoms with E-state index in [4.69, 9.17) is 20.6 Å². The van der Waals surface area contributed by atoms with Gasteiger partial charge in [0, 0.05) is 38.0 Å². The van der Waals surface area contributed by atoms with Gasteiger partial charge in [-0.05, 0) is 6.42 Å². The number of ketones is 1. The minimum absolute atomic E-state index is 0.0867. The van der Waals surface area contributed by atoms with E-state index in [1.54, 1.807) is 0 Å². The van der Waals surface area contributed by atoms with Crippen molar-refractivity contribution in [1.82, 2.24) is 0 Å². The molecule has 2 unspecified atom stereocenters. The van der Waals surface area contributed by atoms with Crippen LogP contribution in [0.2, 0.25) is 0 Å². The highest BCUT2D eigenvalue weighted by Crippen LogP contribution is 2.46. The fraction of sp³-hybridized carbons (Fsp3) is 0.647. The highest BCUT2D eigenvalue weighted by Gasteiger charge is 2.53. The Balaban J connectivity index is 3.25. The molecule has 0 spiro atoms. The van der Waals surface area contributed by atoms with Crippen molar-refractivity contribution in [1.29, 1.82) is 0 Å². The zero-order valence-electron chi connectivity index (χ0n) is 14.1. The first-order valence-corrected chi connectivity index (χ1v) is 7.58. The summed E-state index contributed by atoms with van der Waals surface area (Å²) in [6.45, 7) is 2.31. The van der Waals surface area contributed by atoms with Crippen molar-refractivity contribution >= 4 is 23.7 Å². The molecule has 2 atom stereocenters. The van der Waals surface area contributed by atoms with Crippen molar-refractivity contribution in [2.75, 3.05) is 20.3 Å². The number of Topliss-reactive ketones (excluding diaryl/α,β-unsaturated/α-hetero) is 1. The van der Waals surface area contributed by atoms with Crippen molar-refractivity contribution in [3.63, 3.8) is 0 Å². The summed E-state index contributed by atoms with van der Waals surface area (Å²) in [5.41, 5.74) is -0.906. The summed E-state index contributed by atoms with van der Waals surface area (Å²) in [6, 6.07) is 0. The Morgan fingerprint density at radius 1 is 1.21 bits per heavy atom. The number of carbonyl (C=O) groups is 4. The lowest BCUT2D eigenvalue weighted by molar-refractivity contribution is -0.168. The molecule has 1 saturated carbocycles. The molecule has 0 heterocycles. The van der Waals surface area contributed by atoms with E-state index < -0.39 is 35.2 Å². The number of esters is 3. The van der Waals surface area contributed by atoms with Crippen LogP contribution in [0.25, 0.3) is 0 Å². The van der Waals surface area contributed by atoms with Gasteiger partial charge in [0.15, 0.2) is 0 Å². The smallest absolute Gasteiger partial charge is 0.316 e. The largest absolute Gasteiger partial charge is 0.468 e. The molecular formula is C17H22O7. The minimum atomic E-state index is -1.06. The van der Waals surface area contributed by atoms with Crippen molar-refractivity contribution in [2.24, 2.45) is 17.3 Å². The summed E-state index contributed by atoms with van der Waals surface area (Å²) in [5, 5.41) is 0. The summed E-state index contributed by atoms with van der Waals surface area (Å²) in [5.74, 6) is -1.23. The molecule has 0 aliphatic heterocycles. The fourth-order valence-electron chi connectivity index (χ4n) is 3.07. The predicted molar refractivity (Wildman–Crippen MR) is 82.4 cm³/mol. The van der Waals surface area contributed by atoms with Crippen LogP contribution in [0, 0.1) is 29.6 Å². The number of methoxy groups -OCH3 is 1. The summed E-state index contributed by atoms with van der Waals surface area (Å²) < 4.78 is 15.0. The highest BCUT2D eigenvalue weighted by atomic mass is 16.5. The molecule has 0 aromatic carbocycles. The summed E-state index contributed by atoms with van der Waals surface area (Å²) >= 11 is 0. The predicted octanol–water partition coefficient (Wildman–Crippen LogP) is 0.891. The van der Waals surface area contributed by atoms with Crippen LogP contribution in [0.3, 0.4) is 0 Å². The fourth-order valence-corrected chi connectivity index (χ4v) is 3.07. The molecule has 1 aliphatic rings. The number of terminal acetylenes is 1. The van der Waals surface area contributed by atoms with Crippen LogP contribution in [0.5, 0.6) is 0 Å². The Morgan fingerprint density at radius 2 is 1.75 bits per heavy atom. The maximum Gasteiger partial charge on any atom is 0.316 e. The number of hydrogen-bond donors (Lipinski definition) is 0. The van der Waals surface area contributed by atoms with Crippen LogP contribution in [0.4, 0.5) is 0 Å². The third kappa shape index (κ3) is 4.57. The van der Waals surface area contributed by atoms with E-state index in [9.17, 15) is 19.2 Å². The Bertz CT molecular complexity index is 532. The van der Waals surface area contributed by atoms with Gasteiger partial charge < -0.3 is 14.2 Å². The molecule has 7 nitrogen and oxygen atoms in total. The van der Waals surface area contributed by atoms with Gasteiger partial charge in [-0.25, -0.2) is 0 Å². The average molecular weight is 338 g/mol. The molecular weight excluding hydrogens is 316 g/mol. The maximum atomic E-state index is 12.3. The van der Waals surface area contributed by atoms with Gasteiger partial charge in [0.05, 0.1) is 7.11 Å². The van der Waals surface area contributed by atoms with Gasteiger partial charge in [0.2, 0.25) is 0 Å². The maximum absolute atomic E-state index is 12.3. The summed E-state index contributed by atoms with van der Waals surface area (Å²) in [4.78, 5) is 46.8. The van der Waals surface area contributed by atoms with Gasteiger partial charge >= 0.3 is 17.9 Å². The van der Waals surface area contributed by atoms with E-state index in [-0.39, 0.29) is 31.8 Å². The molecule has 1 rings (SSSR count). The lowest BCUT2D eigenvalue weighted by atomic mass is 9.60.